The molecule has 41 heavy (non-hydrogen) atoms. The van der Waals surface area contributed by atoms with Crippen LogP contribution in [0.15, 0.2) is 60.9 Å². The van der Waals surface area contributed by atoms with E-state index in [1.54, 1.807) is 18.0 Å². The van der Waals surface area contributed by atoms with Gasteiger partial charge in [-0.25, -0.2) is 9.67 Å². The highest BCUT2D eigenvalue weighted by Crippen LogP contribution is 2.38. The van der Waals surface area contributed by atoms with Gasteiger partial charge in [-0.05, 0) is 20.2 Å². The molecule has 2 aromatic heterocycles. The predicted molar refractivity (Wildman–Crippen MR) is 160 cm³/mol. The first-order valence-electron chi connectivity index (χ1n) is 13.7. The van der Waals surface area contributed by atoms with Gasteiger partial charge in [0.15, 0.2) is 5.82 Å². The molecule has 2 aromatic carbocycles. The Morgan fingerprint density at radius 2 is 1.88 bits per heavy atom. The summed E-state index contributed by atoms with van der Waals surface area (Å²) in [6.07, 6.45) is 4.06. The number of anilines is 4. The fraction of sp³-hybridized carbons (Fsp3) is 0.333. The first-order chi connectivity index (χ1) is 19.9. The van der Waals surface area contributed by atoms with Gasteiger partial charge in [-0.1, -0.05) is 37.3 Å². The van der Waals surface area contributed by atoms with Crippen LogP contribution in [-0.4, -0.2) is 78.1 Å². The Hall–Kier alpha value is -4.48. The van der Waals surface area contributed by atoms with Crippen molar-refractivity contribution >= 4 is 28.9 Å². The molecular weight excluding hydrogens is 520 g/mol. The first kappa shape index (κ1) is 28.1. The average Bonchev–Trinajstić information content (AvgIpc) is 3.41. The third kappa shape index (κ3) is 6.64. The maximum atomic E-state index is 12.4. The summed E-state index contributed by atoms with van der Waals surface area (Å²) in [6, 6.07) is 15.7. The van der Waals surface area contributed by atoms with E-state index in [2.05, 4.69) is 37.6 Å². The van der Waals surface area contributed by atoms with E-state index >= 15 is 0 Å². The minimum Gasteiger partial charge on any atom is -0.494 e. The fourth-order valence-electron chi connectivity index (χ4n) is 4.72. The van der Waals surface area contributed by atoms with Gasteiger partial charge in [-0.15, -0.1) is 0 Å². The Morgan fingerprint density at radius 1 is 1.10 bits per heavy atom. The zero-order chi connectivity index (χ0) is 28.8. The van der Waals surface area contributed by atoms with E-state index in [9.17, 15) is 4.79 Å². The number of aromatic nitrogens is 4. The Morgan fingerprint density at radius 3 is 2.59 bits per heavy atom. The lowest BCUT2D eigenvalue weighted by Crippen LogP contribution is -2.36. The molecule has 4 aromatic rings. The van der Waals surface area contributed by atoms with Gasteiger partial charge in [0, 0.05) is 61.7 Å². The van der Waals surface area contributed by atoms with Gasteiger partial charge in [0.05, 0.1) is 43.1 Å². The summed E-state index contributed by atoms with van der Waals surface area (Å²) in [5.41, 5.74) is 5.24. The molecule has 2 N–H and O–H groups in total. The number of hydrogen-bond acceptors (Lipinski definition) is 9. The monoisotopic (exact) mass is 556 g/mol. The summed E-state index contributed by atoms with van der Waals surface area (Å²) in [5, 5.41) is 11.2. The number of ether oxygens (including phenoxy) is 2. The molecule has 3 heterocycles. The fourth-order valence-corrected chi connectivity index (χ4v) is 4.72. The lowest BCUT2D eigenvalue weighted by atomic mass is 10.1. The molecule has 5 rings (SSSR count). The van der Waals surface area contributed by atoms with Crippen molar-refractivity contribution in [1.82, 2.24) is 24.6 Å². The van der Waals surface area contributed by atoms with Crippen molar-refractivity contribution in [2.75, 3.05) is 63.0 Å². The maximum absolute atomic E-state index is 12.4. The molecule has 0 atom stereocenters. The van der Waals surface area contributed by atoms with E-state index in [0.29, 0.717) is 48.5 Å². The number of carbonyl (C=O) groups excluding carboxylic acids is 1. The van der Waals surface area contributed by atoms with Crippen molar-refractivity contribution in [2.24, 2.45) is 0 Å². The average molecular weight is 557 g/mol. The number of nitrogens with zero attached hydrogens (tertiary/aromatic N) is 6. The summed E-state index contributed by atoms with van der Waals surface area (Å²) in [7, 11) is 5.69. The Labute approximate surface area is 240 Å². The predicted octanol–water partition coefficient (Wildman–Crippen LogP) is 4.33. The second-order valence-electron chi connectivity index (χ2n) is 9.99. The molecule has 214 valence electrons. The van der Waals surface area contributed by atoms with Crippen LogP contribution in [0.3, 0.4) is 0 Å². The van der Waals surface area contributed by atoms with Crippen LogP contribution in [0, 0.1) is 0 Å². The Bertz CT molecular complexity index is 1480. The molecule has 1 saturated heterocycles. The van der Waals surface area contributed by atoms with Crippen molar-refractivity contribution in [1.29, 1.82) is 0 Å². The van der Waals surface area contributed by atoms with Crippen molar-refractivity contribution in [2.45, 2.75) is 19.9 Å². The first-order valence-corrected chi connectivity index (χ1v) is 13.7. The summed E-state index contributed by atoms with van der Waals surface area (Å²) in [4.78, 5) is 25.9. The summed E-state index contributed by atoms with van der Waals surface area (Å²) in [6.45, 7) is 5.26. The molecule has 1 aliphatic heterocycles. The van der Waals surface area contributed by atoms with E-state index in [-0.39, 0.29) is 5.91 Å². The zero-order valence-electron chi connectivity index (χ0n) is 23.9. The van der Waals surface area contributed by atoms with Crippen LogP contribution in [0.4, 0.5) is 23.0 Å². The van der Waals surface area contributed by atoms with Crippen LogP contribution in [0.1, 0.15) is 18.9 Å². The highest BCUT2D eigenvalue weighted by Gasteiger charge is 2.20. The van der Waals surface area contributed by atoms with Crippen LogP contribution < -0.4 is 20.3 Å². The van der Waals surface area contributed by atoms with E-state index in [1.165, 1.54) is 0 Å². The Balaban J connectivity index is 1.48. The van der Waals surface area contributed by atoms with Crippen LogP contribution >= 0.6 is 0 Å². The molecule has 11 heteroatoms. The van der Waals surface area contributed by atoms with Gasteiger partial charge in [0.2, 0.25) is 11.9 Å². The van der Waals surface area contributed by atoms with E-state index in [1.807, 2.05) is 63.6 Å². The molecule has 11 nitrogen and oxygen atoms in total. The molecule has 1 amide bonds. The van der Waals surface area contributed by atoms with Gasteiger partial charge < -0.3 is 29.9 Å². The Kier molecular flexibility index (Phi) is 8.76. The standard InChI is InChI=1S/C30H36N8O3/c1-5-28(39)32-23-17-24(26(40-4)18-25(23)37-13-15-41-16-14-37)33-30-31-12-11-27(34-30)38-20-22(19-36(2)3)29(35-38)21-9-7-6-8-10-21/h6-12,17-18,20H,5,13-16,19H2,1-4H3,(H,32,39)(H,31,33,34). The third-order valence-electron chi connectivity index (χ3n) is 6.71. The number of benzene rings is 2. The SMILES string of the molecule is CCC(=O)Nc1cc(Nc2nccc(-n3cc(CN(C)C)c(-c4ccccc4)n3)n2)c(OC)cc1N1CCOCC1. The molecule has 0 bridgehead atoms. The van der Waals surface area contributed by atoms with Gasteiger partial charge in [0.1, 0.15) is 5.75 Å². The largest absolute Gasteiger partial charge is 0.494 e. The van der Waals surface area contributed by atoms with Gasteiger partial charge >= 0.3 is 0 Å². The number of morpholine rings is 1. The lowest BCUT2D eigenvalue weighted by molar-refractivity contribution is -0.115. The number of hydrogen-bond donors (Lipinski definition) is 2. The van der Waals surface area contributed by atoms with Gasteiger partial charge in [-0.3, -0.25) is 4.79 Å². The summed E-state index contributed by atoms with van der Waals surface area (Å²) in [5.74, 6) is 1.52. The van der Waals surface area contributed by atoms with Gasteiger partial charge in [-0.2, -0.15) is 10.1 Å². The topological polar surface area (TPSA) is 110 Å². The quantitative estimate of drug-likeness (QED) is 0.295. The van der Waals surface area contributed by atoms with Crippen LogP contribution in [-0.2, 0) is 16.1 Å². The molecular formula is C30H36N8O3. The summed E-state index contributed by atoms with van der Waals surface area (Å²) < 4.78 is 13.0. The van der Waals surface area contributed by atoms with Crippen LogP contribution in [0.25, 0.3) is 17.1 Å². The van der Waals surface area contributed by atoms with E-state index < -0.39 is 0 Å². The van der Waals surface area contributed by atoms with Crippen LogP contribution in [0.2, 0.25) is 0 Å². The van der Waals surface area contributed by atoms with Crippen molar-refractivity contribution in [3.05, 3.63) is 66.5 Å². The number of methoxy groups -OCH3 is 1. The highest BCUT2D eigenvalue weighted by molar-refractivity contribution is 5.96. The van der Waals surface area contributed by atoms with Crippen LogP contribution in [0.5, 0.6) is 5.75 Å². The molecule has 0 radical (unpaired) electrons. The molecule has 1 aliphatic rings. The van der Waals surface area contributed by atoms with E-state index in [4.69, 9.17) is 19.6 Å². The molecule has 0 spiro atoms. The van der Waals surface area contributed by atoms with Crippen molar-refractivity contribution < 1.29 is 14.3 Å². The molecule has 0 unspecified atom stereocenters. The van der Waals surface area contributed by atoms with Gasteiger partial charge in [0.25, 0.3) is 0 Å². The summed E-state index contributed by atoms with van der Waals surface area (Å²) >= 11 is 0. The number of nitrogens with one attached hydrogen (secondary N) is 2. The second-order valence-corrected chi connectivity index (χ2v) is 9.99. The highest BCUT2D eigenvalue weighted by atomic mass is 16.5. The number of rotatable bonds is 10. The second kappa shape index (κ2) is 12.8. The van der Waals surface area contributed by atoms with E-state index in [0.717, 1.165) is 42.1 Å². The number of amides is 1. The molecule has 0 saturated carbocycles. The minimum atomic E-state index is -0.0738. The van der Waals surface area contributed by atoms with Crippen molar-refractivity contribution in [3.63, 3.8) is 0 Å². The molecule has 1 fully saturated rings. The molecule has 0 aliphatic carbocycles. The third-order valence-corrected chi connectivity index (χ3v) is 6.71. The normalized spacial score (nSPS) is 13.3. The number of carbonyl (C=O) groups is 1. The lowest BCUT2D eigenvalue weighted by Gasteiger charge is -2.31. The van der Waals surface area contributed by atoms with Crippen molar-refractivity contribution in [3.8, 4) is 22.8 Å². The smallest absolute Gasteiger partial charge is 0.229 e. The zero-order valence-corrected chi connectivity index (χ0v) is 23.9. The minimum absolute atomic E-state index is 0.0738. The maximum Gasteiger partial charge on any atom is 0.229 e.